The lowest BCUT2D eigenvalue weighted by molar-refractivity contribution is -0.136. The molecule has 0 bridgehead atoms. The highest BCUT2D eigenvalue weighted by atomic mass is 79.9. The van der Waals surface area contributed by atoms with E-state index in [1.54, 1.807) is 12.1 Å². The first-order valence-electron chi connectivity index (χ1n) is 8.51. The number of halogens is 1. The Labute approximate surface area is 162 Å². The highest BCUT2D eigenvalue weighted by Gasteiger charge is 2.17. The second-order valence-corrected chi connectivity index (χ2v) is 6.84. The first kappa shape index (κ1) is 20.0. The van der Waals surface area contributed by atoms with Crippen LogP contribution in [0.25, 0.3) is 0 Å². The minimum Gasteiger partial charge on any atom is -0.484 e. The summed E-state index contributed by atoms with van der Waals surface area (Å²) in [4.78, 5) is 26.3. The number of hydrogen-bond donors (Lipinski definition) is 1. The zero-order chi connectivity index (χ0) is 18.9. The topological polar surface area (TPSA) is 58.6 Å². The molecule has 2 rings (SSSR count). The second-order valence-electron chi connectivity index (χ2n) is 5.92. The van der Waals surface area contributed by atoms with Gasteiger partial charge in [0, 0.05) is 16.7 Å². The van der Waals surface area contributed by atoms with Gasteiger partial charge >= 0.3 is 0 Å². The first-order chi connectivity index (χ1) is 12.5. The largest absolute Gasteiger partial charge is 0.484 e. The van der Waals surface area contributed by atoms with Crippen molar-refractivity contribution in [1.29, 1.82) is 0 Å². The summed E-state index contributed by atoms with van der Waals surface area (Å²) in [5, 5.41) is 2.86. The standard InChI is InChI=1S/C20H23BrN2O3/c1-3-11-23(13-19(24)22-18-10-5-4-7-15(18)2)20(25)14-26-17-9-6-8-16(21)12-17/h4-10,12H,3,11,13-14H2,1-2H3,(H,22,24). The minimum absolute atomic E-state index is 0.00283. The van der Waals surface area contributed by atoms with Gasteiger partial charge in [0.1, 0.15) is 5.75 Å². The van der Waals surface area contributed by atoms with Crippen LogP contribution in [0.5, 0.6) is 5.75 Å². The van der Waals surface area contributed by atoms with Crippen molar-refractivity contribution in [2.75, 3.05) is 25.0 Å². The SMILES string of the molecule is CCCN(CC(=O)Nc1ccccc1C)C(=O)COc1cccc(Br)c1. The van der Waals surface area contributed by atoms with Gasteiger partial charge in [-0.2, -0.15) is 0 Å². The Morgan fingerprint density at radius 1 is 1.15 bits per heavy atom. The molecule has 26 heavy (non-hydrogen) atoms. The van der Waals surface area contributed by atoms with Crippen molar-refractivity contribution in [3.05, 3.63) is 58.6 Å². The maximum Gasteiger partial charge on any atom is 0.260 e. The molecule has 0 fully saturated rings. The predicted octanol–water partition coefficient (Wildman–Crippen LogP) is 4.01. The fraction of sp³-hybridized carbons (Fsp3) is 0.300. The smallest absolute Gasteiger partial charge is 0.260 e. The summed E-state index contributed by atoms with van der Waals surface area (Å²) < 4.78 is 6.42. The van der Waals surface area contributed by atoms with E-state index in [1.807, 2.05) is 50.2 Å². The fourth-order valence-corrected chi connectivity index (χ4v) is 2.81. The zero-order valence-electron chi connectivity index (χ0n) is 15.0. The minimum atomic E-state index is -0.219. The van der Waals surface area contributed by atoms with Crippen LogP contribution in [0.1, 0.15) is 18.9 Å². The van der Waals surface area contributed by atoms with Gasteiger partial charge in [-0.25, -0.2) is 0 Å². The molecule has 0 aromatic heterocycles. The molecule has 0 aliphatic heterocycles. The van der Waals surface area contributed by atoms with Gasteiger partial charge in [-0.3, -0.25) is 9.59 Å². The van der Waals surface area contributed by atoms with Crippen LogP contribution in [0.15, 0.2) is 53.0 Å². The Balaban J connectivity index is 1.93. The number of nitrogens with zero attached hydrogens (tertiary/aromatic N) is 1. The maximum absolute atomic E-state index is 12.5. The van der Waals surface area contributed by atoms with E-state index in [4.69, 9.17) is 4.74 Å². The van der Waals surface area contributed by atoms with E-state index in [0.717, 1.165) is 22.1 Å². The summed E-state index contributed by atoms with van der Waals surface area (Å²) in [6.07, 6.45) is 0.764. The van der Waals surface area contributed by atoms with Crippen LogP contribution in [0.2, 0.25) is 0 Å². The van der Waals surface area contributed by atoms with Crippen molar-refractivity contribution >= 4 is 33.4 Å². The molecule has 6 heteroatoms. The number of rotatable bonds is 8. The molecule has 0 unspecified atom stereocenters. The van der Waals surface area contributed by atoms with E-state index >= 15 is 0 Å². The number of aryl methyl sites for hydroxylation is 1. The average molecular weight is 419 g/mol. The van der Waals surface area contributed by atoms with Crippen LogP contribution in [0.3, 0.4) is 0 Å². The molecule has 2 aromatic rings. The lowest BCUT2D eigenvalue weighted by atomic mass is 10.2. The third-order valence-corrected chi connectivity index (χ3v) is 4.25. The van der Waals surface area contributed by atoms with Gasteiger partial charge in [-0.1, -0.05) is 47.1 Å². The molecule has 0 spiro atoms. The molecule has 0 aliphatic carbocycles. The molecule has 0 saturated carbocycles. The number of benzene rings is 2. The molecule has 2 aromatic carbocycles. The third-order valence-electron chi connectivity index (χ3n) is 3.76. The summed E-state index contributed by atoms with van der Waals surface area (Å²) >= 11 is 3.36. The van der Waals surface area contributed by atoms with Crippen LogP contribution >= 0.6 is 15.9 Å². The molecule has 0 radical (unpaired) electrons. The van der Waals surface area contributed by atoms with Gasteiger partial charge in [0.25, 0.3) is 5.91 Å². The predicted molar refractivity (Wildman–Crippen MR) is 106 cm³/mol. The van der Waals surface area contributed by atoms with Gasteiger partial charge in [-0.15, -0.1) is 0 Å². The quantitative estimate of drug-likeness (QED) is 0.704. The van der Waals surface area contributed by atoms with Gasteiger partial charge in [0.15, 0.2) is 6.61 Å². The van der Waals surface area contributed by atoms with Gasteiger partial charge < -0.3 is 15.0 Å². The molecular formula is C20H23BrN2O3. The molecule has 1 N–H and O–H groups in total. The Bertz CT molecular complexity index is 764. The summed E-state index contributed by atoms with van der Waals surface area (Å²) in [6.45, 7) is 4.30. The number of carbonyl (C=O) groups excluding carboxylic acids is 2. The Morgan fingerprint density at radius 3 is 2.62 bits per heavy atom. The fourth-order valence-electron chi connectivity index (χ4n) is 2.43. The number of carbonyl (C=O) groups is 2. The number of amides is 2. The highest BCUT2D eigenvalue weighted by molar-refractivity contribution is 9.10. The van der Waals surface area contributed by atoms with Gasteiger partial charge in [0.2, 0.25) is 5.91 Å². The summed E-state index contributed by atoms with van der Waals surface area (Å²) in [5.41, 5.74) is 1.74. The maximum atomic E-state index is 12.5. The van der Waals surface area contributed by atoms with E-state index in [2.05, 4.69) is 21.2 Å². The molecular weight excluding hydrogens is 396 g/mol. The summed E-state index contributed by atoms with van der Waals surface area (Å²) in [6, 6.07) is 14.8. The summed E-state index contributed by atoms with van der Waals surface area (Å²) in [7, 11) is 0. The molecule has 0 atom stereocenters. The van der Waals surface area contributed by atoms with Gasteiger partial charge in [0.05, 0.1) is 6.54 Å². The van der Waals surface area contributed by atoms with Gasteiger partial charge in [-0.05, 0) is 43.2 Å². The Morgan fingerprint density at radius 2 is 1.92 bits per heavy atom. The monoisotopic (exact) mass is 418 g/mol. The number of anilines is 1. The molecule has 138 valence electrons. The molecule has 5 nitrogen and oxygen atoms in total. The van der Waals surface area contributed by atoms with Crippen molar-refractivity contribution in [3.8, 4) is 5.75 Å². The van der Waals surface area contributed by atoms with Crippen LogP contribution in [-0.2, 0) is 9.59 Å². The van der Waals surface area contributed by atoms with E-state index in [9.17, 15) is 9.59 Å². The number of hydrogen-bond acceptors (Lipinski definition) is 3. The molecule has 2 amide bonds. The van der Waals surface area contributed by atoms with Crippen molar-refractivity contribution in [2.45, 2.75) is 20.3 Å². The molecule has 0 heterocycles. The normalized spacial score (nSPS) is 10.3. The third kappa shape index (κ3) is 6.19. The van der Waals surface area contributed by atoms with Crippen LogP contribution in [0.4, 0.5) is 5.69 Å². The Kier molecular flexibility index (Phi) is 7.66. The van der Waals surface area contributed by atoms with E-state index in [1.165, 1.54) is 4.90 Å². The van der Waals surface area contributed by atoms with Crippen molar-refractivity contribution in [3.63, 3.8) is 0 Å². The first-order valence-corrected chi connectivity index (χ1v) is 9.30. The molecule has 0 saturated heterocycles. The van der Waals surface area contributed by atoms with Crippen LogP contribution < -0.4 is 10.1 Å². The Hall–Kier alpha value is -2.34. The van der Waals surface area contributed by atoms with Crippen LogP contribution in [-0.4, -0.2) is 36.4 Å². The number of para-hydroxylation sites is 1. The van der Waals surface area contributed by atoms with Crippen molar-refractivity contribution in [1.82, 2.24) is 4.90 Å². The number of nitrogens with one attached hydrogen (secondary N) is 1. The number of ether oxygens (including phenoxy) is 1. The van der Waals surface area contributed by atoms with E-state index in [0.29, 0.717) is 12.3 Å². The summed E-state index contributed by atoms with van der Waals surface area (Å²) in [5.74, 6) is 0.170. The molecule has 0 aliphatic rings. The average Bonchev–Trinajstić information content (AvgIpc) is 2.61. The van der Waals surface area contributed by atoms with Crippen molar-refractivity contribution in [2.24, 2.45) is 0 Å². The van der Waals surface area contributed by atoms with Crippen molar-refractivity contribution < 1.29 is 14.3 Å². The van der Waals surface area contributed by atoms with Crippen LogP contribution in [0, 0.1) is 6.92 Å². The lowest BCUT2D eigenvalue weighted by Crippen LogP contribution is -2.41. The lowest BCUT2D eigenvalue weighted by Gasteiger charge is -2.22. The highest BCUT2D eigenvalue weighted by Crippen LogP contribution is 2.18. The second kappa shape index (κ2) is 9.97. The van der Waals surface area contributed by atoms with E-state index < -0.39 is 0 Å². The zero-order valence-corrected chi connectivity index (χ0v) is 16.6. The van der Waals surface area contributed by atoms with E-state index in [-0.39, 0.29) is 25.0 Å².